The molecule has 1 fully saturated rings. The van der Waals surface area contributed by atoms with Gasteiger partial charge in [0.25, 0.3) is 0 Å². The Morgan fingerprint density at radius 1 is 0.892 bits per heavy atom. The number of thioether (sulfide) groups is 1. The van der Waals surface area contributed by atoms with Crippen LogP contribution in [0.25, 0.3) is 0 Å². The van der Waals surface area contributed by atoms with Gasteiger partial charge in [0.15, 0.2) is 0 Å². The Labute approximate surface area is 395 Å². The number of aliphatic hydroxyl groups excluding tert-OH is 2. The quantitative estimate of drug-likeness (QED) is 0.0356. The summed E-state index contributed by atoms with van der Waals surface area (Å²) in [7, 11) is 0. The number of rotatable bonds is 29. The maximum atomic E-state index is 14.6. The molecule has 2 aliphatic carbocycles. The van der Waals surface area contributed by atoms with Gasteiger partial charge in [-0.25, -0.2) is 4.79 Å². The fourth-order valence-corrected chi connectivity index (χ4v) is 10.5. The van der Waals surface area contributed by atoms with Gasteiger partial charge in [0.2, 0.25) is 5.79 Å². The van der Waals surface area contributed by atoms with E-state index in [-0.39, 0.29) is 43.7 Å². The van der Waals surface area contributed by atoms with Crippen molar-refractivity contribution in [3.8, 4) is 17.2 Å². The number of carbonyl (C=O) groups excluding carboxylic acids is 1. The number of ether oxygens (including phenoxy) is 4. The summed E-state index contributed by atoms with van der Waals surface area (Å²) in [5.74, 6) is 0.452. The largest absolute Gasteiger partial charge is 0.459 e. The molecule has 1 amide bonds. The molecule has 5 rings (SSSR count). The average molecular weight is 919 g/mol. The number of amides is 1. The first-order valence-electron chi connectivity index (χ1n) is 25.1. The molecular weight excluding hydrogens is 837 g/mol. The number of unbranched alkanes of at least 4 members (excludes halogenated alkanes) is 11. The normalized spacial score (nSPS) is 22.9. The van der Waals surface area contributed by atoms with Gasteiger partial charge in [-0.1, -0.05) is 102 Å². The number of allylic oxidation sites excluding steroid dienone is 1. The summed E-state index contributed by atoms with van der Waals surface area (Å²) in [6, 6.07) is 13.6. The number of carbonyl (C=O) groups is 1. The lowest BCUT2D eigenvalue weighted by Gasteiger charge is -2.60. The van der Waals surface area contributed by atoms with Crippen LogP contribution in [0.5, 0.6) is 17.2 Å². The summed E-state index contributed by atoms with van der Waals surface area (Å²) in [5.41, 5.74) is 2.23. The minimum Gasteiger partial charge on any atom is -0.459 e. The van der Waals surface area contributed by atoms with Crippen molar-refractivity contribution in [2.75, 3.05) is 39.2 Å². The number of hydrogen-bond donors (Lipinski definition) is 2. The van der Waals surface area contributed by atoms with E-state index in [4.69, 9.17) is 28.9 Å². The van der Waals surface area contributed by atoms with Crippen molar-refractivity contribution < 1.29 is 38.8 Å². The molecule has 0 bridgehead atoms. The molecule has 1 saturated carbocycles. The van der Waals surface area contributed by atoms with Crippen molar-refractivity contribution in [1.29, 1.82) is 0 Å². The third kappa shape index (κ3) is 14.5. The minimum absolute atomic E-state index is 0.103. The molecule has 0 radical (unpaired) electrons. The van der Waals surface area contributed by atoms with E-state index in [1.54, 1.807) is 17.8 Å². The number of nitrogens with zero attached hydrogens (tertiary/aromatic N) is 2. The van der Waals surface area contributed by atoms with Gasteiger partial charge in [-0.15, -0.1) is 18.3 Å². The highest BCUT2D eigenvalue weighted by molar-refractivity contribution is 7.98. The SMILES string of the molecule is C=CCOC12Oc3ccc(Oc4ccc(SC)cc4)cc3C3C(CCCCO)C(CCCCO)C=C(C(=NOC(C)(C)C)CC1N(CCC)C(=O)OCCCCCCCCCCCC)C32. The van der Waals surface area contributed by atoms with E-state index in [0.29, 0.717) is 50.3 Å². The van der Waals surface area contributed by atoms with Gasteiger partial charge in [-0.05, 0) is 125 Å². The van der Waals surface area contributed by atoms with Crippen molar-refractivity contribution in [3.63, 3.8) is 0 Å². The van der Waals surface area contributed by atoms with Crippen molar-refractivity contribution in [1.82, 2.24) is 4.90 Å². The maximum absolute atomic E-state index is 14.6. The molecule has 2 N–H and O–H groups in total. The summed E-state index contributed by atoms with van der Waals surface area (Å²) in [4.78, 5) is 23.9. The van der Waals surface area contributed by atoms with E-state index in [1.807, 2.05) is 49.9 Å². The molecule has 6 unspecified atom stereocenters. The predicted octanol–water partition coefficient (Wildman–Crippen LogP) is 13.4. The molecule has 3 aliphatic rings. The number of aliphatic hydroxyl groups is 2. The maximum Gasteiger partial charge on any atom is 0.410 e. The Balaban J connectivity index is 1.60. The zero-order chi connectivity index (χ0) is 46.7. The van der Waals surface area contributed by atoms with Crippen LogP contribution in [0, 0.1) is 17.8 Å². The van der Waals surface area contributed by atoms with Crippen LogP contribution in [0.2, 0.25) is 0 Å². The van der Waals surface area contributed by atoms with Gasteiger partial charge in [0.05, 0.1) is 24.8 Å². The third-order valence-electron chi connectivity index (χ3n) is 13.2. The van der Waals surface area contributed by atoms with Crippen molar-refractivity contribution >= 4 is 23.6 Å². The van der Waals surface area contributed by atoms with E-state index >= 15 is 0 Å². The van der Waals surface area contributed by atoms with Crippen LogP contribution in [-0.2, 0) is 14.3 Å². The fourth-order valence-electron chi connectivity index (χ4n) is 10.1. The minimum atomic E-state index is -1.34. The topological polar surface area (TPSA) is 119 Å². The van der Waals surface area contributed by atoms with E-state index in [9.17, 15) is 15.0 Å². The lowest BCUT2D eigenvalue weighted by Crippen LogP contribution is -2.70. The second-order valence-electron chi connectivity index (χ2n) is 19.2. The van der Waals surface area contributed by atoms with Crippen molar-refractivity contribution in [2.24, 2.45) is 22.9 Å². The van der Waals surface area contributed by atoms with E-state index in [0.717, 1.165) is 72.4 Å². The zero-order valence-corrected chi connectivity index (χ0v) is 41.5. The predicted molar refractivity (Wildman–Crippen MR) is 264 cm³/mol. The summed E-state index contributed by atoms with van der Waals surface area (Å²) < 4.78 is 27.3. The van der Waals surface area contributed by atoms with Crippen LogP contribution >= 0.6 is 11.8 Å². The van der Waals surface area contributed by atoms with Crippen LogP contribution in [0.15, 0.2) is 76.8 Å². The summed E-state index contributed by atoms with van der Waals surface area (Å²) in [6.45, 7) is 15.6. The first-order valence-corrected chi connectivity index (χ1v) is 26.3. The molecule has 10 nitrogen and oxygen atoms in total. The molecule has 1 heterocycles. The van der Waals surface area contributed by atoms with E-state index in [2.05, 4.69) is 51.0 Å². The van der Waals surface area contributed by atoms with Crippen LogP contribution in [0.4, 0.5) is 4.79 Å². The van der Waals surface area contributed by atoms with E-state index in [1.165, 1.54) is 44.9 Å². The van der Waals surface area contributed by atoms with Crippen LogP contribution in [-0.4, -0.2) is 83.6 Å². The fraction of sp³-hybridized carbons (Fsp3) is 0.667. The Morgan fingerprint density at radius 2 is 1.55 bits per heavy atom. The monoisotopic (exact) mass is 919 g/mol. The second-order valence-corrected chi connectivity index (χ2v) is 20.1. The highest BCUT2D eigenvalue weighted by atomic mass is 32.2. The number of benzene rings is 2. The molecule has 362 valence electrons. The van der Waals surface area contributed by atoms with Gasteiger partial charge >= 0.3 is 6.09 Å². The zero-order valence-electron chi connectivity index (χ0n) is 40.7. The molecule has 0 spiro atoms. The van der Waals surface area contributed by atoms with E-state index < -0.39 is 23.3 Å². The number of fused-ring (bicyclic) bond motifs is 2. The highest BCUT2D eigenvalue weighted by Crippen LogP contribution is 2.62. The van der Waals surface area contributed by atoms with Gasteiger partial charge in [0, 0.05) is 42.6 Å². The first kappa shape index (κ1) is 52.5. The van der Waals surface area contributed by atoms with Crippen LogP contribution in [0.1, 0.15) is 162 Å². The third-order valence-corrected chi connectivity index (χ3v) is 13.9. The molecular formula is C54H82N2O8S. The molecule has 1 aliphatic heterocycles. The molecule has 2 aromatic carbocycles. The molecule has 0 aromatic heterocycles. The van der Waals surface area contributed by atoms with Gasteiger partial charge in [0.1, 0.15) is 28.9 Å². The van der Waals surface area contributed by atoms with Gasteiger partial charge in [-0.2, -0.15) is 0 Å². The van der Waals surface area contributed by atoms with Crippen LogP contribution < -0.4 is 9.47 Å². The smallest absolute Gasteiger partial charge is 0.410 e. The Hall–Kier alpha value is -3.51. The Morgan fingerprint density at radius 3 is 2.18 bits per heavy atom. The van der Waals surface area contributed by atoms with Crippen LogP contribution in [0.3, 0.4) is 0 Å². The standard InChI is InChI=1S/C54H82N2O8S/c1-8-11-12-13-14-15-16-17-18-23-36-60-52(59)56(32-9-2)49-39-47(55-64-53(4,5)6)45-37-40(24-19-21-33-57)44(25-20-22-34-58)50-46-38-42(62-41-26-29-43(65-7)30-27-41)28-31-48(46)63-54(49,51(45)50)61-35-10-3/h10,26-31,37-38,40,44,49-51,57-58H,3,8-9,11-25,32-36,39H2,1-2,4-7H3. The lowest BCUT2D eigenvalue weighted by atomic mass is 9.55. The van der Waals surface area contributed by atoms with Gasteiger partial charge in [-0.3, -0.25) is 4.90 Å². The second kappa shape index (κ2) is 26.7. The molecule has 65 heavy (non-hydrogen) atoms. The number of hydrogen-bond acceptors (Lipinski definition) is 10. The average Bonchev–Trinajstić information content (AvgIpc) is 3.29. The Bertz CT molecular complexity index is 1810. The Kier molecular flexibility index (Phi) is 21.6. The van der Waals surface area contributed by atoms with Crippen molar-refractivity contribution in [2.45, 2.75) is 178 Å². The molecule has 6 atom stereocenters. The number of oxime groups is 1. The summed E-state index contributed by atoms with van der Waals surface area (Å²) in [5, 5.41) is 24.9. The van der Waals surface area contributed by atoms with Crippen molar-refractivity contribution in [3.05, 3.63) is 72.3 Å². The van der Waals surface area contributed by atoms with Gasteiger partial charge < -0.3 is 34.0 Å². The first-order chi connectivity index (χ1) is 31.5. The molecule has 2 aromatic rings. The lowest BCUT2D eigenvalue weighted by molar-refractivity contribution is -0.255. The molecule has 0 saturated heterocycles. The summed E-state index contributed by atoms with van der Waals surface area (Å²) in [6.07, 6.45) is 23.7. The summed E-state index contributed by atoms with van der Waals surface area (Å²) >= 11 is 1.69. The molecule has 11 heteroatoms. The highest BCUT2D eigenvalue weighted by Gasteiger charge is 2.65.